The maximum atomic E-state index is 13.4. The maximum absolute atomic E-state index is 13.4. The molecular formula is C22H25ClN2O5S. The molecule has 0 aromatic heterocycles. The molecule has 2 aliphatic rings. The Hall–Kier alpha value is -2.29. The molecule has 7 nitrogen and oxygen atoms in total. The molecule has 1 saturated carbocycles. The summed E-state index contributed by atoms with van der Waals surface area (Å²) in [7, 11) is -0.597. The summed E-state index contributed by atoms with van der Waals surface area (Å²) in [5, 5.41) is 0.0946. The zero-order valence-corrected chi connectivity index (χ0v) is 19.0. The number of amides is 1. The average Bonchev–Trinajstić information content (AvgIpc) is 3.43. The minimum Gasteiger partial charge on any atom is -0.497 e. The number of nitrogens with zero attached hydrogens (tertiary/aromatic N) is 1. The quantitative estimate of drug-likeness (QED) is 0.674. The third kappa shape index (κ3) is 4.51. The highest BCUT2D eigenvalue weighted by Gasteiger charge is 2.34. The van der Waals surface area contributed by atoms with E-state index in [4.69, 9.17) is 21.1 Å². The highest BCUT2D eigenvalue weighted by molar-refractivity contribution is 7.89. The van der Waals surface area contributed by atoms with Crippen LogP contribution in [0.15, 0.2) is 41.3 Å². The first kappa shape index (κ1) is 21.9. The number of hydrogen-bond acceptors (Lipinski definition) is 5. The summed E-state index contributed by atoms with van der Waals surface area (Å²) in [4.78, 5) is 15.1. The number of likely N-dealkylation sites (tertiary alicyclic amines) is 1. The summed E-state index contributed by atoms with van der Waals surface area (Å²) in [5.41, 5.74) is 1.15. The Bertz CT molecular complexity index is 1100. The number of carbonyl (C=O) groups excluding carboxylic acids is 1. The number of hydrogen-bond donors (Lipinski definition) is 1. The minimum absolute atomic E-state index is 0.0519. The molecule has 2 aromatic rings. The summed E-state index contributed by atoms with van der Waals surface area (Å²) >= 11 is 6.17. The molecule has 1 aliphatic carbocycles. The maximum Gasteiger partial charge on any atom is 0.254 e. The molecule has 9 heteroatoms. The molecule has 1 amide bonds. The van der Waals surface area contributed by atoms with E-state index in [1.807, 2.05) is 18.2 Å². The number of nitrogens with one attached hydrogen (secondary N) is 1. The van der Waals surface area contributed by atoms with E-state index in [1.165, 1.54) is 12.1 Å². The van der Waals surface area contributed by atoms with E-state index in [0.29, 0.717) is 18.0 Å². The number of methoxy groups -OCH3 is 2. The zero-order chi connectivity index (χ0) is 22.2. The number of benzene rings is 2. The van der Waals surface area contributed by atoms with Crippen LogP contribution in [0.1, 0.15) is 47.6 Å². The van der Waals surface area contributed by atoms with Gasteiger partial charge in [-0.3, -0.25) is 4.79 Å². The number of halogens is 1. The molecule has 0 spiro atoms. The van der Waals surface area contributed by atoms with Crippen LogP contribution >= 0.6 is 11.6 Å². The van der Waals surface area contributed by atoms with Crippen molar-refractivity contribution < 1.29 is 22.7 Å². The van der Waals surface area contributed by atoms with Crippen LogP contribution in [0.3, 0.4) is 0 Å². The molecule has 1 aliphatic heterocycles. The molecular weight excluding hydrogens is 440 g/mol. The third-order valence-corrected chi connectivity index (χ3v) is 7.68. The largest absolute Gasteiger partial charge is 0.497 e. The van der Waals surface area contributed by atoms with Crippen LogP contribution in [0.5, 0.6) is 11.5 Å². The van der Waals surface area contributed by atoms with E-state index in [9.17, 15) is 13.2 Å². The lowest BCUT2D eigenvalue weighted by Gasteiger charge is -2.27. The Balaban J connectivity index is 1.66. The van der Waals surface area contributed by atoms with Gasteiger partial charge in [-0.15, -0.1) is 0 Å². The monoisotopic (exact) mass is 464 g/mol. The van der Waals surface area contributed by atoms with Crippen molar-refractivity contribution in [3.05, 3.63) is 52.5 Å². The van der Waals surface area contributed by atoms with Crippen LogP contribution in [0, 0.1) is 0 Å². The molecule has 166 valence electrons. The summed E-state index contributed by atoms with van der Waals surface area (Å²) in [6.07, 6.45) is 3.23. The molecule has 1 N–H and O–H groups in total. The van der Waals surface area contributed by atoms with Gasteiger partial charge in [-0.25, -0.2) is 13.1 Å². The molecule has 31 heavy (non-hydrogen) atoms. The van der Waals surface area contributed by atoms with E-state index in [2.05, 4.69) is 4.72 Å². The Labute approximate surface area is 187 Å². The van der Waals surface area contributed by atoms with Crippen molar-refractivity contribution in [3.8, 4) is 11.5 Å². The van der Waals surface area contributed by atoms with Crippen LogP contribution in [-0.2, 0) is 10.0 Å². The van der Waals surface area contributed by atoms with Gasteiger partial charge in [-0.1, -0.05) is 11.6 Å². The van der Waals surface area contributed by atoms with Gasteiger partial charge in [0.25, 0.3) is 5.91 Å². The fourth-order valence-electron chi connectivity index (χ4n) is 3.93. The SMILES string of the molecule is COc1ccc(OC)c([C@H]2CCCN2C(=O)c2ccc(Cl)c(S(=O)(=O)NC3CC3)c2)c1. The third-order valence-electron chi connectivity index (χ3n) is 5.68. The number of ether oxygens (including phenoxy) is 2. The van der Waals surface area contributed by atoms with Gasteiger partial charge < -0.3 is 14.4 Å². The lowest BCUT2D eigenvalue weighted by Crippen LogP contribution is -2.31. The molecule has 4 rings (SSSR count). The van der Waals surface area contributed by atoms with Crippen LogP contribution in [-0.4, -0.2) is 46.0 Å². The van der Waals surface area contributed by atoms with Crippen molar-refractivity contribution in [2.24, 2.45) is 0 Å². The fourth-order valence-corrected chi connectivity index (χ4v) is 5.76. The molecule has 2 fully saturated rings. The first-order valence-electron chi connectivity index (χ1n) is 10.2. The van der Waals surface area contributed by atoms with E-state index in [1.54, 1.807) is 25.2 Å². The Morgan fingerprint density at radius 3 is 2.55 bits per heavy atom. The van der Waals surface area contributed by atoms with Crippen molar-refractivity contribution in [1.29, 1.82) is 0 Å². The number of sulfonamides is 1. The van der Waals surface area contributed by atoms with Gasteiger partial charge in [0.05, 0.1) is 25.3 Å². The Morgan fingerprint density at radius 2 is 1.87 bits per heavy atom. The van der Waals surface area contributed by atoms with Gasteiger partial charge in [-0.2, -0.15) is 0 Å². The van der Waals surface area contributed by atoms with Crippen molar-refractivity contribution in [1.82, 2.24) is 9.62 Å². The summed E-state index contributed by atoms with van der Waals surface area (Å²) in [5.74, 6) is 1.12. The topological polar surface area (TPSA) is 84.9 Å². The fraction of sp³-hybridized carbons (Fsp3) is 0.409. The highest BCUT2D eigenvalue weighted by atomic mass is 35.5. The van der Waals surface area contributed by atoms with E-state index < -0.39 is 10.0 Å². The summed E-state index contributed by atoms with van der Waals surface area (Å²) < 4.78 is 38.9. The lowest BCUT2D eigenvalue weighted by atomic mass is 10.0. The predicted octanol–water partition coefficient (Wildman–Crippen LogP) is 3.78. The summed E-state index contributed by atoms with van der Waals surface area (Å²) in [6, 6.07) is 9.67. The van der Waals surface area contributed by atoms with Crippen molar-refractivity contribution in [3.63, 3.8) is 0 Å². The molecule has 1 heterocycles. The summed E-state index contributed by atoms with van der Waals surface area (Å²) in [6.45, 7) is 0.564. The van der Waals surface area contributed by atoms with Crippen LogP contribution < -0.4 is 14.2 Å². The average molecular weight is 465 g/mol. The molecule has 0 unspecified atom stereocenters. The second-order valence-electron chi connectivity index (χ2n) is 7.81. The zero-order valence-electron chi connectivity index (χ0n) is 17.4. The van der Waals surface area contributed by atoms with Crippen LogP contribution in [0.4, 0.5) is 0 Å². The molecule has 0 bridgehead atoms. The van der Waals surface area contributed by atoms with Gasteiger partial charge in [0.2, 0.25) is 10.0 Å². The molecule has 1 atom stereocenters. The van der Waals surface area contributed by atoms with Crippen LogP contribution in [0.2, 0.25) is 5.02 Å². The van der Waals surface area contributed by atoms with Gasteiger partial charge in [-0.05, 0) is 62.1 Å². The van der Waals surface area contributed by atoms with Gasteiger partial charge in [0.1, 0.15) is 16.4 Å². The molecule has 1 saturated heterocycles. The minimum atomic E-state index is -3.78. The van der Waals surface area contributed by atoms with Gasteiger partial charge in [0.15, 0.2) is 0 Å². The van der Waals surface area contributed by atoms with E-state index in [-0.39, 0.29) is 33.5 Å². The first-order valence-corrected chi connectivity index (χ1v) is 12.0. The number of rotatable bonds is 7. The van der Waals surface area contributed by atoms with Crippen molar-refractivity contribution in [2.75, 3.05) is 20.8 Å². The smallest absolute Gasteiger partial charge is 0.254 e. The highest BCUT2D eigenvalue weighted by Crippen LogP contribution is 2.40. The predicted molar refractivity (Wildman–Crippen MR) is 117 cm³/mol. The second kappa shape index (κ2) is 8.68. The standard InChI is InChI=1S/C22H25ClN2O5S/c1-29-16-8-10-20(30-2)17(13-16)19-4-3-11-25(19)22(26)14-5-9-18(23)21(12-14)31(27,28)24-15-6-7-15/h5,8-10,12-13,15,19,24H,3-4,6-7,11H2,1-2H3/t19-/m1/s1. The van der Waals surface area contributed by atoms with Gasteiger partial charge in [0, 0.05) is 23.7 Å². The van der Waals surface area contributed by atoms with Gasteiger partial charge >= 0.3 is 0 Å². The second-order valence-corrected chi connectivity index (χ2v) is 9.89. The normalized spacial score (nSPS) is 18.8. The van der Waals surface area contributed by atoms with E-state index in [0.717, 1.165) is 31.2 Å². The van der Waals surface area contributed by atoms with E-state index >= 15 is 0 Å². The van der Waals surface area contributed by atoms with Crippen molar-refractivity contribution in [2.45, 2.75) is 42.7 Å². The molecule has 0 radical (unpaired) electrons. The van der Waals surface area contributed by atoms with Crippen LogP contribution in [0.25, 0.3) is 0 Å². The Kier molecular flexibility index (Phi) is 6.14. The Morgan fingerprint density at radius 1 is 1.10 bits per heavy atom. The molecule has 2 aromatic carbocycles. The number of carbonyl (C=O) groups is 1. The van der Waals surface area contributed by atoms with Crippen molar-refractivity contribution >= 4 is 27.5 Å². The first-order chi connectivity index (χ1) is 14.8. The lowest BCUT2D eigenvalue weighted by molar-refractivity contribution is 0.0733.